The van der Waals surface area contributed by atoms with Gasteiger partial charge in [0.15, 0.2) is 17.3 Å². The van der Waals surface area contributed by atoms with Crippen LogP contribution in [-0.4, -0.2) is 19.0 Å². The molecule has 0 saturated heterocycles. The molecule has 2 rings (SSSR count). The molecule has 0 unspecified atom stereocenters. The van der Waals surface area contributed by atoms with Crippen LogP contribution in [0.1, 0.15) is 28.4 Å². The first-order valence-corrected chi connectivity index (χ1v) is 7.73. The predicted octanol–water partition coefficient (Wildman–Crippen LogP) is 3.87. The van der Waals surface area contributed by atoms with Gasteiger partial charge in [-0.3, -0.25) is 4.79 Å². The molecular formula is C21H17NO3. The van der Waals surface area contributed by atoms with Gasteiger partial charge in [0.25, 0.3) is 0 Å². The van der Waals surface area contributed by atoms with Gasteiger partial charge in [-0.15, -0.1) is 6.42 Å². The molecule has 0 aliphatic rings. The van der Waals surface area contributed by atoms with Gasteiger partial charge in [0.1, 0.15) is 6.61 Å². The van der Waals surface area contributed by atoms with E-state index in [9.17, 15) is 4.79 Å². The Hall–Kier alpha value is -3.50. The highest BCUT2D eigenvalue weighted by Crippen LogP contribution is 2.29. The van der Waals surface area contributed by atoms with Gasteiger partial charge in [-0.25, -0.2) is 0 Å². The summed E-state index contributed by atoms with van der Waals surface area (Å²) in [4.78, 5) is 12.2. The number of hydrogen-bond acceptors (Lipinski definition) is 4. The standard InChI is InChI=1S/C21H17NO3/c1-3-13-25-20-12-8-16(14-21(20)24-4-2)7-11-19(23)18-9-5-17(15-22)6-10-18/h1,5-12,14H,4,13H2,2H3/b11-7+. The Balaban J connectivity index is 2.16. The summed E-state index contributed by atoms with van der Waals surface area (Å²) in [7, 11) is 0. The van der Waals surface area contributed by atoms with Gasteiger partial charge in [-0.05, 0) is 55.0 Å². The summed E-state index contributed by atoms with van der Waals surface area (Å²) in [5.41, 5.74) is 1.84. The van der Waals surface area contributed by atoms with Crippen LogP contribution in [0.2, 0.25) is 0 Å². The van der Waals surface area contributed by atoms with Crippen LogP contribution in [0, 0.1) is 23.7 Å². The summed E-state index contributed by atoms with van der Waals surface area (Å²) >= 11 is 0. The van der Waals surface area contributed by atoms with Crippen molar-refractivity contribution in [3.05, 3.63) is 65.2 Å². The van der Waals surface area contributed by atoms with Crippen LogP contribution in [-0.2, 0) is 0 Å². The Bertz CT molecular complexity index is 852. The van der Waals surface area contributed by atoms with Gasteiger partial charge in [-0.2, -0.15) is 5.26 Å². The van der Waals surface area contributed by atoms with Crippen molar-refractivity contribution in [2.45, 2.75) is 6.92 Å². The van der Waals surface area contributed by atoms with E-state index < -0.39 is 0 Å². The molecule has 4 nitrogen and oxygen atoms in total. The van der Waals surface area contributed by atoms with Crippen LogP contribution in [0.3, 0.4) is 0 Å². The Labute approximate surface area is 147 Å². The third-order valence-electron chi connectivity index (χ3n) is 3.30. The van der Waals surface area contributed by atoms with E-state index in [2.05, 4.69) is 5.92 Å². The summed E-state index contributed by atoms with van der Waals surface area (Å²) in [5.74, 6) is 3.41. The number of hydrogen-bond donors (Lipinski definition) is 0. The van der Waals surface area contributed by atoms with E-state index in [-0.39, 0.29) is 12.4 Å². The second kappa shape index (κ2) is 8.96. The van der Waals surface area contributed by atoms with Gasteiger partial charge in [0, 0.05) is 5.56 Å². The highest BCUT2D eigenvalue weighted by atomic mass is 16.5. The maximum atomic E-state index is 12.2. The summed E-state index contributed by atoms with van der Waals surface area (Å²) in [5, 5.41) is 8.78. The minimum atomic E-state index is -0.143. The molecular weight excluding hydrogens is 314 g/mol. The summed E-state index contributed by atoms with van der Waals surface area (Å²) < 4.78 is 11.0. The number of benzene rings is 2. The van der Waals surface area contributed by atoms with E-state index in [4.69, 9.17) is 21.2 Å². The molecule has 0 N–H and O–H groups in total. The van der Waals surface area contributed by atoms with Crippen LogP contribution in [0.4, 0.5) is 0 Å². The van der Waals surface area contributed by atoms with Crippen molar-refractivity contribution in [1.29, 1.82) is 5.26 Å². The van der Waals surface area contributed by atoms with Gasteiger partial charge in [0.2, 0.25) is 0 Å². The molecule has 0 aliphatic carbocycles. The monoisotopic (exact) mass is 331 g/mol. The van der Waals surface area contributed by atoms with Crippen molar-refractivity contribution in [3.8, 4) is 29.9 Å². The molecule has 0 spiro atoms. The summed E-state index contributed by atoms with van der Waals surface area (Å²) in [6, 6.07) is 13.9. The van der Waals surface area contributed by atoms with E-state index in [1.54, 1.807) is 42.5 Å². The number of nitriles is 1. The maximum absolute atomic E-state index is 12.2. The maximum Gasteiger partial charge on any atom is 0.185 e. The van der Waals surface area contributed by atoms with E-state index in [1.807, 2.05) is 19.1 Å². The third kappa shape index (κ3) is 4.99. The quantitative estimate of drug-likeness (QED) is 0.439. The van der Waals surface area contributed by atoms with Crippen molar-refractivity contribution in [3.63, 3.8) is 0 Å². The minimum absolute atomic E-state index is 0.143. The molecule has 0 atom stereocenters. The van der Waals surface area contributed by atoms with Crippen LogP contribution in [0.15, 0.2) is 48.5 Å². The SMILES string of the molecule is C#CCOc1ccc(/C=C/C(=O)c2ccc(C#N)cc2)cc1OCC. The molecule has 0 heterocycles. The zero-order chi connectivity index (χ0) is 18.1. The van der Waals surface area contributed by atoms with Gasteiger partial charge in [-0.1, -0.05) is 18.1 Å². The number of nitrogens with zero attached hydrogens (tertiary/aromatic N) is 1. The van der Waals surface area contributed by atoms with E-state index in [0.29, 0.717) is 29.2 Å². The first kappa shape index (κ1) is 17.8. The van der Waals surface area contributed by atoms with Gasteiger partial charge < -0.3 is 9.47 Å². The third-order valence-corrected chi connectivity index (χ3v) is 3.30. The molecule has 2 aromatic rings. The zero-order valence-electron chi connectivity index (χ0n) is 13.9. The fraction of sp³-hybridized carbons (Fsp3) is 0.143. The molecule has 0 amide bonds. The van der Waals surface area contributed by atoms with Crippen molar-refractivity contribution < 1.29 is 14.3 Å². The summed E-state index contributed by atoms with van der Waals surface area (Å²) in [6.45, 7) is 2.53. The van der Waals surface area contributed by atoms with Crippen molar-refractivity contribution in [1.82, 2.24) is 0 Å². The van der Waals surface area contributed by atoms with E-state index >= 15 is 0 Å². The molecule has 0 bridgehead atoms. The second-order valence-electron chi connectivity index (χ2n) is 5.02. The van der Waals surface area contributed by atoms with Crippen LogP contribution in [0.5, 0.6) is 11.5 Å². The number of terminal acetylenes is 1. The van der Waals surface area contributed by atoms with E-state index in [1.165, 1.54) is 6.08 Å². The Morgan fingerprint density at radius 1 is 1.16 bits per heavy atom. The fourth-order valence-corrected chi connectivity index (χ4v) is 2.11. The Kier molecular flexibility index (Phi) is 6.39. The van der Waals surface area contributed by atoms with Crippen LogP contribution >= 0.6 is 0 Å². The second-order valence-corrected chi connectivity index (χ2v) is 5.02. The Morgan fingerprint density at radius 3 is 2.56 bits per heavy atom. The fourth-order valence-electron chi connectivity index (χ4n) is 2.11. The van der Waals surface area contributed by atoms with Gasteiger partial charge >= 0.3 is 0 Å². The minimum Gasteiger partial charge on any atom is -0.490 e. The number of ketones is 1. The molecule has 4 heteroatoms. The largest absolute Gasteiger partial charge is 0.490 e. The smallest absolute Gasteiger partial charge is 0.185 e. The Morgan fingerprint density at radius 2 is 1.92 bits per heavy atom. The van der Waals surface area contributed by atoms with Crippen LogP contribution < -0.4 is 9.47 Å². The average Bonchev–Trinajstić information content (AvgIpc) is 2.65. The van der Waals surface area contributed by atoms with Crippen molar-refractivity contribution in [2.24, 2.45) is 0 Å². The number of allylic oxidation sites excluding steroid dienone is 1. The number of ether oxygens (including phenoxy) is 2. The molecule has 124 valence electrons. The summed E-state index contributed by atoms with van der Waals surface area (Å²) in [6.07, 6.45) is 8.39. The topological polar surface area (TPSA) is 59.3 Å². The molecule has 0 aromatic heterocycles. The van der Waals surface area contributed by atoms with E-state index in [0.717, 1.165) is 5.56 Å². The van der Waals surface area contributed by atoms with Crippen LogP contribution in [0.25, 0.3) is 6.08 Å². The highest BCUT2D eigenvalue weighted by Gasteiger charge is 2.06. The molecule has 0 radical (unpaired) electrons. The molecule has 25 heavy (non-hydrogen) atoms. The van der Waals surface area contributed by atoms with Crippen molar-refractivity contribution in [2.75, 3.05) is 13.2 Å². The molecule has 2 aromatic carbocycles. The number of rotatable bonds is 7. The van der Waals surface area contributed by atoms with Gasteiger partial charge in [0.05, 0.1) is 18.2 Å². The lowest BCUT2D eigenvalue weighted by molar-refractivity contribution is 0.104. The first-order valence-electron chi connectivity index (χ1n) is 7.73. The molecule has 0 fully saturated rings. The lowest BCUT2D eigenvalue weighted by Gasteiger charge is -2.10. The lowest BCUT2D eigenvalue weighted by atomic mass is 10.1. The normalized spacial score (nSPS) is 10.0. The zero-order valence-corrected chi connectivity index (χ0v) is 13.9. The average molecular weight is 331 g/mol. The molecule has 0 aliphatic heterocycles. The number of carbonyl (C=O) groups is 1. The first-order chi connectivity index (χ1) is 12.2. The highest BCUT2D eigenvalue weighted by molar-refractivity contribution is 6.06. The predicted molar refractivity (Wildman–Crippen MR) is 96.5 cm³/mol. The van der Waals surface area contributed by atoms with Crippen molar-refractivity contribution >= 4 is 11.9 Å². The molecule has 0 saturated carbocycles. The number of carbonyl (C=O) groups excluding carboxylic acids is 1. The lowest BCUT2D eigenvalue weighted by Crippen LogP contribution is -1.99.